The molecule has 5 rings (SSSR count). The van der Waals surface area contributed by atoms with Crippen LogP contribution in [0.5, 0.6) is 0 Å². The van der Waals surface area contributed by atoms with Crippen LogP contribution < -0.4 is 0 Å². The molecule has 4 heterocycles. The molecule has 2 amide bonds. The average molecular weight is 472 g/mol. The first kappa shape index (κ1) is 22.1. The molecule has 1 aromatic carbocycles. The highest BCUT2D eigenvalue weighted by atomic mass is 32.2. The van der Waals surface area contributed by atoms with Gasteiger partial charge in [-0.15, -0.1) is 0 Å². The maximum Gasteiger partial charge on any atom is 0.254 e. The lowest BCUT2D eigenvalue weighted by atomic mass is 9.68. The van der Waals surface area contributed by atoms with Gasteiger partial charge in [0.15, 0.2) is 0 Å². The molecule has 1 unspecified atom stereocenters. The molecule has 0 N–H and O–H groups in total. The summed E-state index contributed by atoms with van der Waals surface area (Å²) in [6.07, 6.45) is 4.71. The summed E-state index contributed by atoms with van der Waals surface area (Å²) in [6, 6.07) is 7.09. The van der Waals surface area contributed by atoms with Gasteiger partial charge in [0.25, 0.3) is 5.91 Å². The summed E-state index contributed by atoms with van der Waals surface area (Å²) in [7, 11) is -2.12. The number of nitrogens with zero attached hydrogens (tertiary/aromatic N) is 5. The molecule has 0 bridgehead atoms. The van der Waals surface area contributed by atoms with E-state index >= 15 is 0 Å². The number of hydrogen-bond donors (Lipinski definition) is 0. The summed E-state index contributed by atoms with van der Waals surface area (Å²) in [4.78, 5) is 31.2. The van der Waals surface area contributed by atoms with Crippen LogP contribution in [0.3, 0.4) is 0 Å². The van der Waals surface area contributed by atoms with E-state index in [0.29, 0.717) is 24.2 Å². The van der Waals surface area contributed by atoms with Gasteiger partial charge in [-0.25, -0.2) is 8.42 Å². The minimum Gasteiger partial charge on any atom is -0.342 e. The average Bonchev–Trinajstić information content (AvgIpc) is 3.43. The third kappa shape index (κ3) is 3.22. The van der Waals surface area contributed by atoms with Gasteiger partial charge in [-0.1, -0.05) is 18.2 Å². The zero-order valence-corrected chi connectivity index (χ0v) is 20.0. The van der Waals surface area contributed by atoms with Gasteiger partial charge in [0.2, 0.25) is 15.9 Å². The van der Waals surface area contributed by atoms with Crippen LogP contribution in [0.15, 0.2) is 41.6 Å². The summed E-state index contributed by atoms with van der Waals surface area (Å²) >= 11 is 0. The van der Waals surface area contributed by atoms with Crippen LogP contribution in [0.2, 0.25) is 0 Å². The molecular formula is C23H29N5O4S. The maximum absolute atomic E-state index is 13.9. The molecule has 9 nitrogen and oxygen atoms in total. The van der Waals surface area contributed by atoms with Crippen molar-refractivity contribution in [2.45, 2.75) is 49.1 Å². The Morgan fingerprint density at radius 2 is 1.82 bits per heavy atom. The van der Waals surface area contributed by atoms with E-state index < -0.39 is 21.5 Å². The maximum atomic E-state index is 13.9. The number of carbonyl (C=O) groups is 2. The van der Waals surface area contributed by atoms with E-state index in [4.69, 9.17) is 0 Å². The second kappa shape index (κ2) is 7.66. The Balaban J connectivity index is 1.60. The fraction of sp³-hybridized carbons (Fsp3) is 0.522. The summed E-state index contributed by atoms with van der Waals surface area (Å²) < 4.78 is 29.3. The molecule has 1 spiro atoms. The number of sulfonamides is 1. The molecule has 33 heavy (non-hydrogen) atoms. The fourth-order valence-corrected chi connectivity index (χ4v) is 7.24. The van der Waals surface area contributed by atoms with Gasteiger partial charge in [0.05, 0.1) is 17.7 Å². The number of amides is 2. The van der Waals surface area contributed by atoms with Crippen molar-refractivity contribution in [3.8, 4) is 0 Å². The largest absolute Gasteiger partial charge is 0.342 e. The monoisotopic (exact) mass is 471 g/mol. The highest BCUT2D eigenvalue weighted by Crippen LogP contribution is 2.49. The summed E-state index contributed by atoms with van der Waals surface area (Å²) in [6.45, 7) is 5.38. The van der Waals surface area contributed by atoms with Crippen molar-refractivity contribution in [3.05, 3.63) is 47.8 Å². The Kier molecular flexibility index (Phi) is 5.13. The van der Waals surface area contributed by atoms with E-state index in [2.05, 4.69) is 5.10 Å². The molecule has 2 fully saturated rings. The van der Waals surface area contributed by atoms with Crippen molar-refractivity contribution in [3.63, 3.8) is 0 Å². The van der Waals surface area contributed by atoms with Gasteiger partial charge in [0.1, 0.15) is 4.90 Å². The van der Waals surface area contributed by atoms with Crippen molar-refractivity contribution >= 4 is 21.8 Å². The first-order valence-electron chi connectivity index (χ1n) is 11.4. The molecule has 0 aliphatic carbocycles. The molecule has 3 aliphatic heterocycles. The Bertz CT molecular complexity index is 1210. The fourth-order valence-electron chi connectivity index (χ4n) is 5.69. The molecule has 0 saturated carbocycles. The number of hydrogen-bond acceptors (Lipinski definition) is 5. The molecule has 10 heteroatoms. The minimum atomic E-state index is -3.78. The lowest BCUT2D eigenvalue weighted by molar-refractivity contribution is -0.140. The van der Waals surface area contributed by atoms with Gasteiger partial charge >= 0.3 is 0 Å². The van der Waals surface area contributed by atoms with Crippen molar-refractivity contribution in [1.29, 1.82) is 0 Å². The molecule has 1 aromatic heterocycles. The lowest BCUT2D eigenvalue weighted by Gasteiger charge is -2.61. The van der Waals surface area contributed by atoms with E-state index in [0.717, 1.165) is 12.8 Å². The smallest absolute Gasteiger partial charge is 0.254 e. The van der Waals surface area contributed by atoms with Crippen LogP contribution in [-0.4, -0.2) is 81.9 Å². The second-order valence-corrected chi connectivity index (χ2v) is 11.5. The van der Waals surface area contributed by atoms with E-state index in [1.165, 1.54) is 21.4 Å². The number of aromatic nitrogens is 2. The topological polar surface area (TPSA) is 95.8 Å². The van der Waals surface area contributed by atoms with Crippen LogP contribution >= 0.6 is 0 Å². The molecule has 176 valence electrons. The zero-order valence-electron chi connectivity index (χ0n) is 19.1. The van der Waals surface area contributed by atoms with Gasteiger partial charge in [-0.2, -0.15) is 9.40 Å². The molecule has 3 aliphatic rings. The van der Waals surface area contributed by atoms with Crippen LogP contribution in [0.25, 0.3) is 0 Å². The Morgan fingerprint density at radius 3 is 2.42 bits per heavy atom. The predicted molar refractivity (Wildman–Crippen MR) is 121 cm³/mol. The van der Waals surface area contributed by atoms with E-state index in [1.807, 2.05) is 36.9 Å². The van der Waals surface area contributed by atoms with Crippen molar-refractivity contribution < 1.29 is 18.0 Å². The van der Waals surface area contributed by atoms with Gasteiger partial charge in [-0.3, -0.25) is 14.3 Å². The third-order valence-corrected chi connectivity index (χ3v) is 8.88. The Labute approximate surface area is 194 Å². The van der Waals surface area contributed by atoms with E-state index in [1.54, 1.807) is 18.0 Å². The van der Waals surface area contributed by atoms with Gasteiger partial charge in [-0.05, 0) is 38.3 Å². The number of likely N-dealkylation sites (tertiary alicyclic amines) is 1. The van der Waals surface area contributed by atoms with E-state index in [-0.39, 0.29) is 35.8 Å². The van der Waals surface area contributed by atoms with E-state index in [9.17, 15) is 18.0 Å². The standard InChI is InChI=1S/C23H29N5O4S/c1-16(2)28-21(29)19-9-5-4-8-18(19)20(22(30)26-10-6-7-11-26)23(28)14-27(15-23)33(31,32)17-12-24-25(3)13-17/h4-5,8-9,12-13,16,20H,6-7,10-11,14-15H2,1-3H3. The Hall–Kier alpha value is -2.72. The first-order chi connectivity index (χ1) is 15.7. The predicted octanol–water partition coefficient (Wildman–Crippen LogP) is 1.43. The molecule has 2 aromatic rings. The SMILES string of the molecule is CC(C)N1C(=O)c2ccccc2C(C(=O)N2CCCC2)C12CN(S(=O)(=O)c1cnn(C)c1)C2. The number of aryl methyl sites for hydroxylation is 1. The molecule has 0 radical (unpaired) electrons. The lowest BCUT2D eigenvalue weighted by Crippen LogP contribution is -2.78. The van der Waals surface area contributed by atoms with Gasteiger partial charge < -0.3 is 9.80 Å². The molecular weight excluding hydrogens is 442 g/mol. The van der Waals surface area contributed by atoms with Crippen LogP contribution in [0, 0.1) is 0 Å². The second-order valence-electron chi connectivity index (χ2n) is 9.55. The van der Waals surface area contributed by atoms with Gasteiger partial charge in [0, 0.05) is 51.0 Å². The number of fused-ring (bicyclic) bond motifs is 1. The van der Waals surface area contributed by atoms with Crippen LogP contribution in [0.4, 0.5) is 0 Å². The van der Waals surface area contributed by atoms with Crippen molar-refractivity contribution in [2.75, 3.05) is 26.2 Å². The first-order valence-corrected chi connectivity index (χ1v) is 12.8. The number of carbonyl (C=O) groups excluding carboxylic acids is 2. The van der Waals surface area contributed by atoms with Crippen molar-refractivity contribution in [1.82, 2.24) is 23.9 Å². The minimum absolute atomic E-state index is 0.0171. The molecule has 1 atom stereocenters. The quantitative estimate of drug-likeness (QED) is 0.672. The third-order valence-electron chi connectivity index (χ3n) is 7.14. The number of rotatable bonds is 4. The normalized spacial score (nSPS) is 22.7. The van der Waals surface area contributed by atoms with Crippen molar-refractivity contribution in [2.24, 2.45) is 7.05 Å². The highest BCUT2D eigenvalue weighted by molar-refractivity contribution is 7.89. The zero-order chi connectivity index (χ0) is 23.5. The summed E-state index contributed by atoms with van der Waals surface area (Å²) in [5.74, 6) is -0.770. The molecule has 2 saturated heterocycles. The highest BCUT2D eigenvalue weighted by Gasteiger charge is 2.64. The van der Waals surface area contributed by atoms with Crippen LogP contribution in [-0.2, 0) is 21.9 Å². The number of benzene rings is 1. The summed E-state index contributed by atoms with van der Waals surface area (Å²) in [5, 5.41) is 3.99. The summed E-state index contributed by atoms with van der Waals surface area (Å²) in [5.41, 5.74) is 0.312. The Morgan fingerprint density at radius 1 is 1.15 bits per heavy atom. The van der Waals surface area contributed by atoms with Crippen LogP contribution in [0.1, 0.15) is 48.5 Å².